The lowest BCUT2D eigenvalue weighted by Gasteiger charge is -2.21. The molecule has 0 saturated heterocycles. The van der Waals surface area contributed by atoms with Crippen LogP contribution in [0.15, 0.2) is 24.3 Å². The van der Waals surface area contributed by atoms with E-state index in [1.807, 2.05) is 0 Å². The number of esters is 2. The first kappa shape index (κ1) is 18.5. The lowest BCUT2D eigenvalue weighted by Crippen LogP contribution is -2.17. The van der Waals surface area contributed by atoms with Crippen LogP contribution in [0.2, 0.25) is 0 Å². The maximum atomic E-state index is 12.1. The number of carbonyl (C=O) groups excluding carboxylic acids is 2. The highest BCUT2D eigenvalue weighted by Gasteiger charge is 2.16. The molecule has 0 aliphatic heterocycles. The summed E-state index contributed by atoms with van der Waals surface area (Å²) >= 11 is 0. The highest BCUT2D eigenvalue weighted by molar-refractivity contribution is 5.93. The molecule has 4 heteroatoms. The van der Waals surface area contributed by atoms with Gasteiger partial charge in [0.15, 0.2) is 0 Å². The first-order chi connectivity index (χ1) is 11.7. The molecule has 132 valence electrons. The third kappa shape index (κ3) is 5.99. The van der Waals surface area contributed by atoms with Gasteiger partial charge in [0.25, 0.3) is 0 Å². The Balaban J connectivity index is 1.77. The van der Waals surface area contributed by atoms with E-state index in [2.05, 4.69) is 6.92 Å². The van der Waals surface area contributed by atoms with E-state index in [9.17, 15) is 9.59 Å². The molecule has 0 atom stereocenters. The van der Waals surface area contributed by atoms with Crippen LogP contribution in [-0.4, -0.2) is 25.2 Å². The van der Waals surface area contributed by atoms with Gasteiger partial charge in [0.1, 0.15) is 0 Å². The van der Waals surface area contributed by atoms with Gasteiger partial charge in [-0.2, -0.15) is 0 Å². The normalized spacial score (nSPS) is 15.0. The number of ether oxygens (including phenoxy) is 2. The summed E-state index contributed by atoms with van der Waals surface area (Å²) in [5, 5.41) is 0. The number of carbonyl (C=O) groups is 2. The van der Waals surface area contributed by atoms with E-state index in [0.717, 1.165) is 32.1 Å². The molecule has 1 aliphatic rings. The molecule has 0 bridgehead atoms. The maximum absolute atomic E-state index is 12.1. The molecule has 1 fully saturated rings. The third-order valence-electron chi connectivity index (χ3n) is 4.51. The minimum absolute atomic E-state index is 0.316. The second kappa shape index (κ2) is 10.1. The van der Waals surface area contributed by atoms with Crippen molar-refractivity contribution in [1.29, 1.82) is 0 Å². The van der Waals surface area contributed by atoms with Crippen molar-refractivity contribution in [1.82, 2.24) is 0 Å². The van der Waals surface area contributed by atoms with Crippen LogP contribution in [0, 0.1) is 5.92 Å². The molecule has 0 unspecified atom stereocenters. The molecule has 0 spiro atoms. The zero-order chi connectivity index (χ0) is 17.2. The van der Waals surface area contributed by atoms with Crippen molar-refractivity contribution >= 4 is 11.9 Å². The zero-order valence-electron chi connectivity index (χ0n) is 14.6. The monoisotopic (exact) mass is 332 g/mol. The molecule has 0 amide bonds. The van der Waals surface area contributed by atoms with Crippen molar-refractivity contribution in [2.24, 2.45) is 5.92 Å². The second-order valence-electron chi connectivity index (χ2n) is 6.52. The van der Waals surface area contributed by atoms with Gasteiger partial charge in [-0.3, -0.25) is 0 Å². The molecule has 0 heterocycles. The predicted octanol–water partition coefficient (Wildman–Crippen LogP) is 4.77. The summed E-state index contributed by atoms with van der Waals surface area (Å²) in [7, 11) is 0. The lowest BCUT2D eigenvalue weighted by molar-refractivity contribution is 0.0408. The van der Waals surface area contributed by atoms with E-state index in [-0.39, 0.29) is 11.9 Å². The first-order valence-electron chi connectivity index (χ1n) is 9.15. The van der Waals surface area contributed by atoms with Crippen LogP contribution >= 0.6 is 0 Å². The largest absolute Gasteiger partial charge is 0.462 e. The van der Waals surface area contributed by atoms with Gasteiger partial charge in [-0.25, -0.2) is 9.59 Å². The van der Waals surface area contributed by atoms with Gasteiger partial charge in [0.05, 0.1) is 24.3 Å². The van der Waals surface area contributed by atoms with E-state index in [1.165, 1.54) is 19.3 Å². The number of hydrogen-bond donors (Lipinski definition) is 0. The van der Waals surface area contributed by atoms with Gasteiger partial charge in [0.2, 0.25) is 0 Å². The van der Waals surface area contributed by atoms with E-state index in [0.29, 0.717) is 30.3 Å². The van der Waals surface area contributed by atoms with Crippen LogP contribution in [0.3, 0.4) is 0 Å². The molecule has 1 aromatic carbocycles. The summed E-state index contributed by atoms with van der Waals surface area (Å²) in [6, 6.07) is 6.51. The standard InChI is InChI=1S/C20H28O4/c1-2-3-7-14-23-19(21)17-10-12-18(13-11-17)20(22)24-15-16-8-5-4-6-9-16/h10-13,16H,2-9,14-15H2,1H3. The van der Waals surface area contributed by atoms with E-state index in [1.54, 1.807) is 24.3 Å². The second-order valence-corrected chi connectivity index (χ2v) is 6.52. The van der Waals surface area contributed by atoms with Gasteiger partial charge in [-0.1, -0.05) is 39.0 Å². The Hall–Kier alpha value is -1.84. The van der Waals surface area contributed by atoms with Crippen molar-refractivity contribution in [3.8, 4) is 0 Å². The fourth-order valence-corrected chi connectivity index (χ4v) is 2.97. The Morgan fingerprint density at radius 1 is 0.917 bits per heavy atom. The van der Waals surface area contributed by atoms with Crippen molar-refractivity contribution in [2.45, 2.75) is 58.3 Å². The topological polar surface area (TPSA) is 52.6 Å². The summed E-state index contributed by atoms with van der Waals surface area (Å²) < 4.78 is 10.6. The Morgan fingerprint density at radius 2 is 1.50 bits per heavy atom. The molecule has 4 nitrogen and oxygen atoms in total. The highest BCUT2D eigenvalue weighted by Crippen LogP contribution is 2.24. The summed E-state index contributed by atoms with van der Waals surface area (Å²) in [4.78, 5) is 24.0. The summed E-state index contributed by atoms with van der Waals surface area (Å²) in [6.07, 6.45) is 9.09. The summed E-state index contributed by atoms with van der Waals surface area (Å²) in [6.45, 7) is 3.05. The van der Waals surface area contributed by atoms with Gasteiger partial charge < -0.3 is 9.47 Å². The fraction of sp³-hybridized carbons (Fsp3) is 0.600. The third-order valence-corrected chi connectivity index (χ3v) is 4.51. The van der Waals surface area contributed by atoms with E-state index >= 15 is 0 Å². The lowest BCUT2D eigenvalue weighted by atomic mass is 9.90. The summed E-state index contributed by atoms with van der Waals surface area (Å²) in [5.74, 6) is -0.156. The summed E-state index contributed by atoms with van der Waals surface area (Å²) in [5.41, 5.74) is 0.948. The number of rotatable bonds is 8. The SMILES string of the molecule is CCCCCOC(=O)c1ccc(C(=O)OCC2CCCCC2)cc1. The van der Waals surface area contributed by atoms with Gasteiger partial charge in [-0.15, -0.1) is 0 Å². The van der Waals surface area contributed by atoms with Crippen molar-refractivity contribution < 1.29 is 19.1 Å². The zero-order valence-corrected chi connectivity index (χ0v) is 14.6. The Bertz CT molecular complexity index is 515. The molecule has 24 heavy (non-hydrogen) atoms. The molecule has 2 rings (SSSR count). The molecule has 1 saturated carbocycles. The van der Waals surface area contributed by atoms with Crippen LogP contribution < -0.4 is 0 Å². The molecule has 0 aromatic heterocycles. The van der Waals surface area contributed by atoms with Crippen molar-refractivity contribution in [2.75, 3.05) is 13.2 Å². The van der Waals surface area contributed by atoms with Crippen LogP contribution in [0.1, 0.15) is 79.0 Å². The first-order valence-corrected chi connectivity index (χ1v) is 9.15. The van der Waals surface area contributed by atoms with Gasteiger partial charge >= 0.3 is 11.9 Å². The number of unbranched alkanes of at least 4 members (excludes halogenated alkanes) is 2. The van der Waals surface area contributed by atoms with Crippen LogP contribution in [0.5, 0.6) is 0 Å². The van der Waals surface area contributed by atoms with Crippen LogP contribution in [-0.2, 0) is 9.47 Å². The number of benzene rings is 1. The average molecular weight is 332 g/mol. The van der Waals surface area contributed by atoms with Gasteiger partial charge in [0, 0.05) is 0 Å². The number of hydrogen-bond acceptors (Lipinski definition) is 4. The smallest absolute Gasteiger partial charge is 0.338 e. The predicted molar refractivity (Wildman–Crippen MR) is 93.1 cm³/mol. The van der Waals surface area contributed by atoms with Crippen molar-refractivity contribution in [3.63, 3.8) is 0 Å². The Kier molecular flexibility index (Phi) is 7.80. The van der Waals surface area contributed by atoms with Crippen LogP contribution in [0.4, 0.5) is 0 Å². The fourth-order valence-electron chi connectivity index (χ4n) is 2.97. The van der Waals surface area contributed by atoms with Crippen LogP contribution in [0.25, 0.3) is 0 Å². The quantitative estimate of drug-likeness (QED) is 0.508. The van der Waals surface area contributed by atoms with E-state index < -0.39 is 0 Å². The molecule has 0 radical (unpaired) electrons. The maximum Gasteiger partial charge on any atom is 0.338 e. The Labute approximate surface area is 144 Å². The molecule has 0 N–H and O–H groups in total. The average Bonchev–Trinajstić information content (AvgIpc) is 2.64. The molecule has 1 aromatic rings. The molecular formula is C20H28O4. The van der Waals surface area contributed by atoms with Crippen molar-refractivity contribution in [3.05, 3.63) is 35.4 Å². The minimum Gasteiger partial charge on any atom is -0.462 e. The van der Waals surface area contributed by atoms with Gasteiger partial charge in [-0.05, 0) is 49.4 Å². The Morgan fingerprint density at radius 3 is 2.08 bits per heavy atom. The van der Waals surface area contributed by atoms with E-state index in [4.69, 9.17) is 9.47 Å². The molecular weight excluding hydrogens is 304 g/mol. The minimum atomic E-state index is -0.340. The molecule has 1 aliphatic carbocycles. The highest BCUT2D eigenvalue weighted by atomic mass is 16.5.